The van der Waals surface area contributed by atoms with Crippen LogP contribution in [-0.2, 0) is 14.3 Å². The van der Waals surface area contributed by atoms with Crippen molar-refractivity contribution in [3.63, 3.8) is 0 Å². The third kappa shape index (κ3) is 6.38. The van der Waals surface area contributed by atoms with Gasteiger partial charge in [-0.15, -0.1) is 0 Å². The van der Waals surface area contributed by atoms with E-state index in [2.05, 4.69) is 5.32 Å². The zero-order valence-electron chi connectivity index (χ0n) is 22.2. The number of carbonyl (C=O) groups excluding carboxylic acids is 4. The highest BCUT2D eigenvalue weighted by molar-refractivity contribution is 6.00. The molecule has 37 heavy (non-hydrogen) atoms. The molecule has 3 amide bonds. The van der Waals surface area contributed by atoms with Crippen LogP contribution in [0.2, 0.25) is 0 Å². The summed E-state index contributed by atoms with van der Waals surface area (Å²) in [7, 11) is 8.88. The second kappa shape index (κ2) is 11.8. The molecule has 0 bridgehead atoms. The van der Waals surface area contributed by atoms with E-state index in [0.29, 0.717) is 11.1 Å². The summed E-state index contributed by atoms with van der Waals surface area (Å²) in [5.41, 5.74) is 2.82. The van der Waals surface area contributed by atoms with Crippen LogP contribution in [0.1, 0.15) is 27.6 Å². The fourth-order valence-corrected chi connectivity index (χ4v) is 4.13. The Morgan fingerprint density at radius 3 is 1.78 bits per heavy atom. The van der Waals surface area contributed by atoms with Gasteiger partial charge in [0.1, 0.15) is 12.1 Å². The molecular formula is C27H35N5O5. The first-order chi connectivity index (χ1) is 17.5. The molecule has 0 saturated carbocycles. The Kier molecular flexibility index (Phi) is 8.75. The van der Waals surface area contributed by atoms with Crippen molar-refractivity contribution in [2.45, 2.75) is 19.0 Å². The van der Waals surface area contributed by atoms with Crippen molar-refractivity contribution in [3.8, 4) is 0 Å². The standard InChI is InChI=1S/C27H35N5O5/c1-18(27(36)37-6)28-24(33)23-17-31(25(34)19-7-11-21(12-8-19)29(2)3)15-16-32(23)26(35)20-9-13-22(14-10-20)30(4)5/h7-14,18,23H,15-17H2,1-6H3,(H,28,33). The summed E-state index contributed by atoms with van der Waals surface area (Å²) in [6.45, 7) is 1.94. The lowest BCUT2D eigenvalue weighted by molar-refractivity contribution is -0.145. The fourth-order valence-electron chi connectivity index (χ4n) is 4.13. The lowest BCUT2D eigenvalue weighted by Gasteiger charge is -2.41. The van der Waals surface area contributed by atoms with E-state index in [0.717, 1.165) is 11.4 Å². The number of rotatable bonds is 7. The molecule has 0 spiro atoms. The topological polar surface area (TPSA) is 102 Å². The quantitative estimate of drug-likeness (QED) is 0.564. The van der Waals surface area contributed by atoms with E-state index in [1.54, 1.807) is 29.2 Å². The summed E-state index contributed by atoms with van der Waals surface area (Å²) >= 11 is 0. The maximum atomic E-state index is 13.5. The second-order valence-corrected chi connectivity index (χ2v) is 9.40. The van der Waals surface area contributed by atoms with Gasteiger partial charge in [0.25, 0.3) is 11.8 Å². The number of carbonyl (C=O) groups is 4. The summed E-state index contributed by atoms with van der Waals surface area (Å²) in [6.07, 6.45) is 0. The second-order valence-electron chi connectivity index (χ2n) is 9.40. The summed E-state index contributed by atoms with van der Waals surface area (Å²) in [6, 6.07) is 12.4. The van der Waals surface area contributed by atoms with Gasteiger partial charge in [-0.3, -0.25) is 14.4 Å². The van der Waals surface area contributed by atoms with Gasteiger partial charge in [-0.25, -0.2) is 4.79 Å². The molecule has 1 fully saturated rings. The first-order valence-corrected chi connectivity index (χ1v) is 12.1. The van der Waals surface area contributed by atoms with Gasteiger partial charge >= 0.3 is 5.97 Å². The van der Waals surface area contributed by atoms with E-state index in [1.807, 2.05) is 62.3 Å². The Morgan fingerprint density at radius 1 is 0.838 bits per heavy atom. The van der Waals surface area contributed by atoms with Crippen molar-refractivity contribution < 1.29 is 23.9 Å². The summed E-state index contributed by atoms with van der Waals surface area (Å²) in [5.74, 6) is -1.68. The Morgan fingerprint density at radius 2 is 1.32 bits per heavy atom. The molecular weight excluding hydrogens is 474 g/mol. The minimum absolute atomic E-state index is 0.00445. The van der Waals surface area contributed by atoms with Crippen molar-refractivity contribution >= 4 is 35.1 Å². The van der Waals surface area contributed by atoms with Crippen LogP contribution in [0.5, 0.6) is 0 Å². The van der Waals surface area contributed by atoms with Crippen LogP contribution in [-0.4, -0.2) is 101 Å². The number of esters is 1. The van der Waals surface area contributed by atoms with E-state index >= 15 is 0 Å². The van der Waals surface area contributed by atoms with Crippen molar-refractivity contribution in [3.05, 3.63) is 59.7 Å². The summed E-state index contributed by atoms with van der Waals surface area (Å²) in [4.78, 5) is 58.8. The van der Waals surface area contributed by atoms with Crippen LogP contribution in [0.25, 0.3) is 0 Å². The average Bonchev–Trinajstić information content (AvgIpc) is 2.91. The number of anilines is 2. The highest BCUT2D eigenvalue weighted by Gasteiger charge is 2.38. The minimum Gasteiger partial charge on any atom is -0.467 e. The maximum Gasteiger partial charge on any atom is 0.328 e. The predicted octanol–water partition coefficient (Wildman–Crippen LogP) is 1.46. The molecule has 1 aliphatic rings. The molecule has 0 aromatic heterocycles. The number of piperazine rings is 1. The van der Waals surface area contributed by atoms with Crippen molar-refractivity contribution in [1.29, 1.82) is 0 Å². The Hall–Kier alpha value is -4.08. The molecule has 2 unspecified atom stereocenters. The number of methoxy groups -OCH3 is 1. The monoisotopic (exact) mass is 509 g/mol. The molecule has 10 nitrogen and oxygen atoms in total. The molecule has 1 saturated heterocycles. The molecule has 1 N–H and O–H groups in total. The van der Waals surface area contributed by atoms with Gasteiger partial charge in [0, 0.05) is 63.8 Å². The number of ether oxygens (including phenoxy) is 1. The summed E-state index contributed by atoms with van der Waals surface area (Å²) in [5, 5.41) is 2.62. The fraction of sp³-hybridized carbons (Fsp3) is 0.407. The van der Waals surface area contributed by atoms with Crippen LogP contribution < -0.4 is 15.1 Å². The van der Waals surface area contributed by atoms with Gasteiger partial charge in [0.2, 0.25) is 5.91 Å². The van der Waals surface area contributed by atoms with Crippen molar-refractivity contribution in [1.82, 2.24) is 15.1 Å². The lowest BCUT2D eigenvalue weighted by Crippen LogP contribution is -2.62. The van der Waals surface area contributed by atoms with Crippen molar-refractivity contribution in [2.75, 3.05) is 64.7 Å². The van der Waals surface area contributed by atoms with Crippen LogP contribution >= 0.6 is 0 Å². The van der Waals surface area contributed by atoms with Crippen LogP contribution in [0.15, 0.2) is 48.5 Å². The highest BCUT2D eigenvalue weighted by Crippen LogP contribution is 2.20. The molecule has 1 heterocycles. The maximum absolute atomic E-state index is 13.5. The van der Waals surface area contributed by atoms with Crippen LogP contribution in [0.3, 0.4) is 0 Å². The molecule has 2 atom stereocenters. The number of hydrogen-bond acceptors (Lipinski definition) is 7. The molecule has 2 aromatic rings. The Bertz CT molecular complexity index is 1130. The molecule has 0 aliphatic carbocycles. The highest BCUT2D eigenvalue weighted by atomic mass is 16.5. The Labute approximate surface area is 217 Å². The largest absolute Gasteiger partial charge is 0.467 e. The smallest absolute Gasteiger partial charge is 0.328 e. The summed E-state index contributed by atoms with van der Waals surface area (Å²) < 4.78 is 4.71. The van der Waals surface area contributed by atoms with Gasteiger partial charge in [0.05, 0.1) is 13.7 Å². The minimum atomic E-state index is -0.980. The number of nitrogens with one attached hydrogen (secondary N) is 1. The third-order valence-electron chi connectivity index (χ3n) is 6.41. The van der Waals surface area contributed by atoms with Gasteiger partial charge in [-0.2, -0.15) is 0 Å². The van der Waals surface area contributed by atoms with Crippen LogP contribution in [0, 0.1) is 0 Å². The first-order valence-electron chi connectivity index (χ1n) is 12.1. The number of benzene rings is 2. The first kappa shape index (κ1) is 27.5. The average molecular weight is 510 g/mol. The van der Waals surface area contributed by atoms with E-state index in [9.17, 15) is 19.2 Å². The lowest BCUT2D eigenvalue weighted by atomic mass is 10.1. The molecule has 10 heteroatoms. The van der Waals surface area contributed by atoms with Gasteiger partial charge in [0.15, 0.2) is 0 Å². The van der Waals surface area contributed by atoms with Gasteiger partial charge in [-0.05, 0) is 55.5 Å². The number of hydrogen-bond donors (Lipinski definition) is 1. The number of amides is 3. The third-order valence-corrected chi connectivity index (χ3v) is 6.41. The Balaban J connectivity index is 1.84. The molecule has 3 rings (SSSR count). The van der Waals surface area contributed by atoms with Gasteiger partial charge < -0.3 is 29.7 Å². The van der Waals surface area contributed by atoms with Gasteiger partial charge in [-0.1, -0.05) is 0 Å². The van der Waals surface area contributed by atoms with E-state index < -0.39 is 24.0 Å². The van der Waals surface area contributed by atoms with Crippen molar-refractivity contribution in [2.24, 2.45) is 0 Å². The molecule has 2 aromatic carbocycles. The zero-order valence-corrected chi connectivity index (χ0v) is 22.2. The van der Waals surface area contributed by atoms with E-state index in [-0.39, 0.29) is 31.4 Å². The zero-order chi connectivity index (χ0) is 27.3. The molecule has 1 aliphatic heterocycles. The predicted molar refractivity (Wildman–Crippen MR) is 142 cm³/mol. The van der Waals surface area contributed by atoms with E-state index in [1.165, 1.54) is 18.9 Å². The van der Waals surface area contributed by atoms with E-state index in [4.69, 9.17) is 4.74 Å². The van der Waals surface area contributed by atoms with Crippen LogP contribution in [0.4, 0.5) is 11.4 Å². The normalized spacial score (nSPS) is 16.0. The SMILES string of the molecule is COC(=O)C(C)NC(=O)C1CN(C(=O)c2ccc(N(C)C)cc2)CCN1C(=O)c1ccc(N(C)C)cc1. The molecule has 198 valence electrons. The molecule has 0 radical (unpaired) electrons. The number of nitrogens with zero attached hydrogens (tertiary/aromatic N) is 4.